The van der Waals surface area contributed by atoms with E-state index in [0.29, 0.717) is 42.0 Å². The molecule has 2 fully saturated rings. The van der Waals surface area contributed by atoms with Crippen LogP contribution in [0.25, 0.3) is 0 Å². The van der Waals surface area contributed by atoms with E-state index in [0.717, 1.165) is 25.0 Å². The molecule has 0 aliphatic carbocycles. The van der Waals surface area contributed by atoms with E-state index in [9.17, 15) is 19.5 Å². The van der Waals surface area contributed by atoms with Crippen LogP contribution in [0.3, 0.4) is 0 Å². The number of Topliss-reactive ketones (excluding diaryl/α,β-unsaturated/α-hetero) is 1. The van der Waals surface area contributed by atoms with Crippen molar-refractivity contribution in [2.45, 2.75) is 53.1 Å². The topological polar surface area (TPSA) is 100 Å². The van der Waals surface area contributed by atoms with Gasteiger partial charge in [-0.2, -0.15) is 0 Å². The van der Waals surface area contributed by atoms with Gasteiger partial charge in [-0.25, -0.2) is 9.59 Å². The van der Waals surface area contributed by atoms with E-state index in [-0.39, 0.29) is 17.1 Å². The molecule has 3 rings (SSSR count). The predicted molar refractivity (Wildman–Crippen MR) is 115 cm³/mol. The number of anilines is 1. The van der Waals surface area contributed by atoms with Crippen LogP contribution in [0.5, 0.6) is 0 Å². The molecule has 0 atom stereocenters. The summed E-state index contributed by atoms with van der Waals surface area (Å²) in [5.41, 5.74) is 2.17. The van der Waals surface area contributed by atoms with Crippen LogP contribution in [0.15, 0.2) is 4.47 Å². The Hall–Kier alpha value is -2.16. The fourth-order valence-electron chi connectivity index (χ4n) is 4.46. The van der Waals surface area contributed by atoms with E-state index >= 15 is 0 Å². The van der Waals surface area contributed by atoms with Gasteiger partial charge >= 0.3 is 12.1 Å². The molecule has 164 valence electrons. The number of amides is 1. The molecule has 2 aliphatic heterocycles. The highest BCUT2D eigenvalue weighted by Gasteiger charge is 2.43. The summed E-state index contributed by atoms with van der Waals surface area (Å²) < 4.78 is 5.83. The number of hydrogen-bond acceptors (Lipinski definition) is 6. The van der Waals surface area contributed by atoms with Crippen LogP contribution >= 0.6 is 15.9 Å². The number of carbonyl (C=O) groups is 3. The van der Waals surface area contributed by atoms with Gasteiger partial charge in [-0.15, -0.1) is 0 Å². The molecule has 9 heteroatoms. The number of halogens is 1. The second-order valence-corrected chi connectivity index (χ2v) is 9.34. The molecule has 0 unspecified atom stereocenters. The van der Waals surface area contributed by atoms with Crippen molar-refractivity contribution in [3.8, 4) is 0 Å². The average molecular weight is 482 g/mol. The van der Waals surface area contributed by atoms with Gasteiger partial charge in [-0.05, 0) is 68.3 Å². The van der Waals surface area contributed by atoms with Crippen LogP contribution in [0, 0.1) is 19.3 Å². The van der Waals surface area contributed by atoms with Crippen molar-refractivity contribution in [2.24, 2.45) is 5.41 Å². The summed E-state index contributed by atoms with van der Waals surface area (Å²) >= 11 is 3.58. The first-order chi connectivity index (χ1) is 14.0. The fraction of sp³-hybridized carbons (Fsp3) is 0.619. The zero-order valence-corrected chi connectivity index (χ0v) is 19.4. The fourth-order valence-corrected chi connectivity index (χ4v) is 5.00. The smallest absolute Gasteiger partial charge is 0.407 e. The SMILES string of the molecule is Cc1nc(C)c(C(=O)C(=O)OC(C)C)c(N2CCC3(CCN(C(=O)O)C3)CC2)c1Br. The molecule has 3 heterocycles. The molecule has 30 heavy (non-hydrogen) atoms. The lowest BCUT2D eigenvalue weighted by molar-refractivity contribution is -0.141. The van der Waals surface area contributed by atoms with Crippen molar-refractivity contribution in [1.29, 1.82) is 0 Å². The molecule has 0 bridgehead atoms. The van der Waals surface area contributed by atoms with E-state index in [1.807, 2.05) is 6.92 Å². The summed E-state index contributed by atoms with van der Waals surface area (Å²) in [4.78, 5) is 44.7. The van der Waals surface area contributed by atoms with Gasteiger partial charge in [0.25, 0.3) is 5.78 Å². The van der Waals surface area contributed by atoms with Crippen LogP contribution in [-0.2, 0) is 9.53 Å². The lowest BCUT2D eigenvalue weighted by atomic mass is 9.77. The predicted octanol–water partition coefficient (Wildman–Crippen LogP) is 3.57. The Kier molecular flexibility index (Phi) is 6.40. The third-order valence-electron chi connectivity index (χ3n) is 6.06. The lowest BCUT2D eigenvalue weighted by Gasteiger charge is -2.41. The number of nitrogens with zero attached hydrogens (tertiary/aromatic N) is 3. The monoisotopic (exact) mass is 481 g/mol. The standard InChI is InChI=1S/C21H28BrN3O5/c1-12(2)30-19(27)18(26)15-13(3)23-14(4)16(22)17(15)24-8-5-21(6-9-24)7-10-25(11-21)20(28)29/h12H,5-11H2,1-4H3,(H,28,29). The minimum Gasteiger partial charge on any atom is -0.465 e. The van der Waals surface area contributed by atoms with E-state index in [1.54, 1.807) is 20.8 Å². The number of rotatable bonds is 4. The zero-order chi connectivity index (χ0) is 22.2. The van der Waals surface area contributed by atoms with Crippen molar-refractivity contribution in [3.63, 3.8) is 0 Å². The lowest BCUT2D eigenvalue weighted by Crippen LogP contribution is -2.43. The Labute approximate surface area is 184 Å². The van der Waals surface area contributed by atoms with Crippen LogP contribution in [0.2, 0.25) is 0 Å². The number of carboxylic acid groups (broad SMARTS) is 1. The summed E-state index contributed by atoms with van der Waals surface area (Å²) in [7, 11) is 0. The quantitative estimate of drug-likeness (QED) is 0.398. The van der Waals surface area contributed by atoms with Gasteiger partial charge in [0.15, 0.2) is 0 Å². The first-order valence-electron chi connectivity index (χ1n) is 10.2. The summed E-state index contributed by atoms with van der Waals surface area (Å²) in [6, 6.07) is 0. The molecule has 0 saturated carbocycles. The summed E-state index contributed by atoms with van der Waals surface area (Å²) in [5, 5.41) is 9.29. The van der Waals surface area contributed by atoms with Crippen molar-refractivity contribution in [2.75, 3.05) is 31.1 Å². The van der Waals surface area contributed by atoms with E-state index in [2.05, 4.69) is 25.8 Å². The van der Waals surface area contributed by atoms with Gasteiger partial charge in [0.05, 0.1) is 33.2 Å². The Balaban J connectivity index is 1.88. The molecule has 0 radical (unpaired) electrons. The summed E-state index contributed by atoms with van der Waals surface area (Å²) in [5.74, 6) is -1.57. The molecule has 1 spiro atoms. The van der Waals surface area contributed by atoms with Crippen LogP contribution in [0.4, 0.5) is 10.5 Å². The summed E-state index contributed by atoms with van der Waals surface area (Å²) in [6.07, 6.45) is 1.26. The number of likely N-dealkylation sites (tertiary alicyclic amines) is 1. The normalized spacial score (nSPS) is 18.2. The summed E-state index contributed by atoms with van der Waals surface area (Å²) in [6.45, 7) is 9.46. The van der Waals surface area contributed by atoms with Gasteiger partial charge in [0.1, 0.15) is 0 Å². The first-order valence-corrected chi connectivity index (χ1v) is 11.0. The number of pyridine rings is 1. The molecule has 1 aromatic heterocycles. The Morgan fingerprint density at radius 3 is 2.23 bits per heavy atom. The van der Waals surface area contributed by atoms with Gasteiger partial charge in [-0.3, -0.25) is 9.78 Å². The number of aryl methyl sites for hydroxylation is 2. The van der Waals surface area contributed by atoms with Crippen LogP contribution in [0.1, 0.15) is 54.9 Å². The average Bonchev–Trinajstić information content (AvgIpc) is 3.08. The van der Waals surface area contributed by atoms with Gasteiger partial charge in [0.2, 0.25) is 0 Å². The molecule has 2 saturated heterocycles. The molecule has 2 aliphatic rings. The number of piperidine rings is 1. The molecular weight excluding hydrogens is 454 g/mol. The van der Waals surface area contributed by atoms with Gasteiger partial charge < -0.3 is 19.6 Å². The first kappa shape index (κ1) is 22.5. The highest BCUT2D eigenvalue weighted by Crippen LogP contribution is 2.43. The van der Waals surface area contributed by atoms with E-state index in [1.165, 1.54) is 4.90 Å². The number of ether oxygens (including phenoxy) is 1. The Morgan fingerprint density at radius 1 is 1.10 bits per heavy atom. The minimum atomic E-state index is -0.881. The highest BCUT2D eigenvalue weighted by molar-refractivity contribution is 9.10. The third kappa shape index (κ3) is 4.31. The van der Waals surface area contributed by atoms with Crippen molar-refractivity contribution in [1.82, 2.24) is 9.88 Å². The van der Waals surface area contributed by atoms with Gasteiger partial charge in [0, 0.05) is 26.2 Å². The molecule has 1 N–H and O–H groups in total. The Morgan fingerprint density at radius 2 is 1.70 bits per heavy atom. The van der Waals surface area contributed by atoms with Crippen LogP contribution in [-0.4, -0.2) is 65.1 Å². The second kappa shape index (κ2) is 8.53. The second-order valence-electron chi connectivity index (χ2n) is 8.54. The van der Waals surface area contributed by atoms with E-state index in [4.69, 9.17) is 4.74 Å². The maximum absolute atomic E-state index is 13.0. The molecular formula is C21H28BrN3O5. The number of esters is 1. The molecule has 0 aromatic carbocycles. The third-order valence-corrected chi connectivity index (χ3v) is 7.01. The Bertz CT molecular complexity index is 878. The molecule has 1 aromatic rings. The van der Waals surface area contributed by atoms with Crippen molar-refractivity contribution in [3.05, 3.63) is 21.4 Å². The number of ketones is 1. The van der Waals surface area contributed by atoms with Gasteiger partial charge in [-0.1, -0.05) is 0 Å². The minimum absolute atomic E-state index is 0.0147. The van der Waals surface area contributed by atoms with Crippen molar-refractivity contribution < 1.29 is 24.2 Å². The van der Waals surface area contributed by atoms with Crippen LogP contribution < -0.4 is 4.90 Å². The number of carbonyl (C=O) groups excluding carboxylic acids is 2. The van der Waals surface area contributed by atoms with Crippen molar-refractivity contribution >= 4 is 39.5 Å². The number of hydrogen-bond donors (Lipinski definition) is 1. The number of aromatic nitrogens is 1. The highest BCUT2D eigenvalue weighted by atomic mass is 79.9. The maximum Gasteiger partial charge on any atom is 0.407 e. The maximum atomic E-state index is 13.0. The molecule has 1 amide bonds. The zero-order valence-electron chi connectivity index (χ0n) is 17.8. The van der Waals surface area contributed by atoms with E-state index < -0.39 is 17.8 Å². The molecule has 8 nitrogen and oxygen atoms in total. The largest absolute Gasteiger partial charge is 0.465 e.